The minimum Gasteiger partial charge on any atom is -0.381 e. The van der Waals surface area contributed by atoms with Crippen molar-refractivity contribution in [3.8, 4) is 0 Å². The lowest BCUT2D eigenvalue weighted by atomic mass is 10.1. The van der Waals surface area contributed by atoms with Gasteiger partial charge in [0.05, 0.1) is 12.3 Å². The second-order valence-electron chi connectivity index (χ2n) is 3.83. The van der Waals surface area contributed by atoms with E-state index in [1.54, 1.807) is 0 Å². The molecule has 0 amide bonds. The van der Waals surface area contributed by atoms with E-state index in [0.717, 1.165) is 44.1 Å². The predicted molar refractivity (Wildman–Crippen MR) is 59.0 cm³/mol. The van der Waals surface area contributed by atoms with Crippen molar-refractivity contribution in [1.29, 1.82) is 0 Å². The van der Waals surface area contributed by atoms with Gasteiger partial charge in [0, 0.05) is 19.1 Å². The molecule has 1 aromatic rings. The Balaban J connectivity index is 1.96. The highest BCUT2D eigenvalue weighted by Crippen LogP contribution is 2.23. The Morgan fingerprint density at radius 2 is 2.40 bits per heavy atom. The van der Waals surface area contributed by atoms with Crippen LogP contribution in [0.5, 0.6) is 0 Å². The summed E-state index contributed by atoms with van der Waals surface area (Å²) in [7, 11) is 0. The average molecular weight is 207 g/mol. The molecule has 1 aromatic heterocycles. The summed E-state index contributed by atoms with van der Waals surface area (Å²) in [5.41, 5.74) is 1.05. The van der Waals surface area contributed by atoms with Crippen LogP contribution < -0.4 is 5.32 Å². The lowest BCUT2D eigenvalue weighted by molar-refractivity contribution is 0.193. The van der Waals surface area contributed by atoms with E-state index in [-0.39, 0.29) is 0 Å². The molecule has 2 rings (SSSR count). The minimum atomic E-state index is 0.442. The minimum absolute atomic E-state index is 0.442. The largest absolute Gasteiger partial charge is 0.381 e. The summed E-state index contributed by atoms with van der Waals surface area (Å²) < 4.78 is 5.32. The molecule has 0 spiro atoms. The molecule has 4 heteroatoms. The van der Waals surface area contributed by atoms with E-state index in [1.807, 2.05) is 12.1 Å². The second-order valence-corrected chi connectivity index (χ2v) is 3.83. The molecule has 0 bridgehead atoms. The monoisotopic (exact) mass is 207 g/mol. The maximum Gasteiger partial charge on any atom is 0.148 e. The predicted octanol–water partition coefficient (Wildman–Crippen LogP) is 1.80. The summed E-state index contributed by atoms with van der Waals surface area (Å²) in [6, 6.07) is 4.04. The number of nitrogens with zero attached hydrogens (tertiary/aromatic N) is 2. The number of hydrogen-bond donors (Lipinski definition) is 1. The van der Waals surface area contributed by atoms with Crippen LogP contribution in [-0.2, 0) is 4.74 Å². The van der Waals surface area contributed by atoms with E-state index in [1.165, 1.54) is 0 Å². The Kier molecular flexibility index (Phi) is 3.50. The van der Waals surface area contributed by atoms with Gasteiger partial charge in [-0.3, -0.25) is 0 Å². The van der Waals surface area contributed by atoms with Gasteiger partial charge in [0.15, 0.2) is 0 Å². The fraction of sp³-hybridized carbons (Fsp3) is 0.636. The van der Waals surface area contributed by atoms with Gasteiger partial charge >= 0.3 is 0 Å². The third kappa shape index (κ3) is 2.65. The lowest BCUT2D eigenvalue weighted by Crippen LogP contribution is -2.06. The Morgan fingerprint density at radius 3 is 3.00 bits per heavy atom. The number of ether oxygens (including phenoxy) is 1. The zero-order valence-electron chi connectivity index (χ0n) is 9.07. The Labute approximate surface area is 90.1 Å². The summed E-state index contributed by atoms with van der Waals surface area (Å²) in [4.78, 5) is 0. The number of nitrogens with one attached hydrogen (secondary N) is 1. The number of rotatable bonds is 4. The molecule has 2 heterocycles. The van der Waals surface area contributed by atoms with Crippen molar-refractivity contribution in [2.75, 3.05) is 25.1 Å². The maximum absolute atomic E-state index is 5.32. The van der Waals surface area contributed by atoms with Crippen LogP contribution in [0.4, 0.5) is 5.82 Å². The van der Waals surface area contributed by atoms with Crippen LogP contribution in [0.1, 0.15) is 31.4 Å². The molecule has 0 aromatic carbocycles. The lowest BCUT2D eigenvalue weighted by Gasteiger charge is -2.07. The highest BCUT2D eigenvalue weighted by atomic mass is 16.5. The van der Waals surface area contributed by atoms with Crippen molar-refractivity contribution in [1.82, 2.24) is 10.2 Å². The first-order chi connectivity index (χ1) is 7.40. The van der Waals surface area contributed by atoms with Crippen LogP contribution >= 0.6 is 0 Å². The molecular weight excluding hydrogens is 190 g/mol. The summed E-state index contributed by atoms with van der Waals surface area (Å²) in [5, 5.41) is 11.6. The van der Waals surface area contributed by atoms with E-state index >= 15 is 0 Å². The molecule has 0 saturated carbocycles. The zero-order valence-corrected chi connectivity index (χ0v) is 9.07. The summed E-state index contributed by atoms with van der Waals surface area (Å²) in [5.74, 6) is 1.30. The van der Waals surface area contributed by atoms with Crippen LogP contribution in [0.25, 0.3) is 0 Å². The van der Waals surface area contributed by atoms with Crippen molar-refractivity contribution >= 4 is 5.82 Å². The van der Waals surface area contributed by atoms with Gasteiger partial charge in [-0.2, -0.15) is 5.10 Å². The topological polar surface area (TPSA) is 47.0 Å². The first-order valence-corrected chi connectivity index (χ1v) is 5.55. The quantitative estimate of drug-likeness (QED) is 0.817. The van der Waals surface area contributed by atoms with Gasteiger partial charge in [0.25, 0.3) is 0 Å². The molecule has 1 aliphatic rings. The fourth-order valence-corrected chi connectivity index (χ4v) is 1.68. The third-order valence-electron chi connectivity index (χ3n) is 2.59. The van der Waals surface area contributed by atoms with Crippen LogP contribution in [0, 0.1) is 0 Å². The third-order valence-corrected chi connectivity index (χ3v) is 2.59. The number of hydrogen-bond acceptors (Lipinski definition) is 4. The normalized spacial score (nSPS) is 20.5. The molecule has 0 aliphatic carbocycles. The van der Waals surface area contributed by atoms with Gasteiger partial charge in [0.1, 0.15) is 5.82 Å². The van der Waals surface area contributed by atoms with Crippen molar-refractivity contribution < 1.29 is 4.74 Å². The van der Waals surface area contributed by atoms with Crippen LogP contribution in [0.15, 0.2) is 12.1 Å². The zero-order chi connectivity index (χ0) is 10.5. The van der Waals surface area contributed by atoms with E-state index in [4.69, 9.17) is 4.74 Å². The number of anilines is 1. The standard InChI is InChI=1S/C11H17N3O/c1-2-6-12-11-4-3-10(13-14-11)9-5-7-15-8-9/h3-4,9H,2,5-8H2,1H3,(H,12,14). The van der Waals surface area contributed by atoms with Crippen LogP contribution in [0.3, 0.4) is 0 Å². The molecule has 1 aliphatic heterocycles. The van der Waals surface area contributed by atoms with Crippen molar-refractivity contribution in [2.24, 2.45) is 0 Å². The first-order valence-electron chi connectivity index (χ1n) is 5.55. The smallest absolute Gasteiger partial charge is 0.148 e. The molecule has 1 fully saturated rings. The maximum atomic E-state index is 5.32. The molecule has 1 N–H and O–H groups in total. The van der Waals surface area contributed by atoms with E-state index in [2.05, 4.69) is 22.4 Å². The summed E-state index contributed by atoms with van der Waals surface area (Å²) in [6.07, 6.45) is 2.16. The molecule has 1 atom stereocenters. The van der Waals surface area contributed by atoms with Crippen molar-refractivity contribution in [3.63, 3.8) is 0 Å². The number of aromatic nitrogens is 2. The molecule has 0 radical (unpaired) electrons. The summed E-state index contributed by atoms with van der Waals surface area (Å²) >= 11 is 0. The average Bonchev–Trinajstić information content (AvgIpc) is 2.80. The van der Waals surface area contributed by atoms with E-state index in [0.29, 0.717) is 5.92 Å². The van der Waals surface area contributed by atoms with Gasteiger partial charge in [0.2, 0.25) is 0 Å². The van der Waals surface area contributed by atoms with Gasteiger partial charge in [-0.15, -0.1) is 5.10 Å². The van der Waals surface area contributed by atoms with E-state index in [9.17, 15) is 0 Å². The van der Waals surface area contributed by atoms with E-state index < -0.39 is 0 Å². The molecular formula is C11H17N3O. The SMILES string of the molecule is CCCNc1ccc(C2CCOC2)nn1. The second kappa shape index (κ2) is 5.07. The highest BCUT2D eigenvalue weighted by Gasteiger charge is 2.19. The van der Waals surface area contributed by atoms with Crippen molar-refractivity contribution in [3.05, 3.63) is 17.8 Å². The van der Waals surface area contributed by atoms with Crippen LogP contribution in [-0.4, -0.2) is 30.0 Å². The first kappa shape index (κ1) is 10.4. The molecule has 1 unspecified atom stereocenters. The molecule has 1 saturated heterocycles. The van der Waals surface area contributed by atoms with Crippen LogP contribution in [0.2, 0.25) is 0 Å². The Bertz CT molecular complexity index is 293. The molecule has 15 heavy (non-hydrogen) atoms. The Morgan fingerprint density at radius 1 is 1.47 bits per heavy atom. The molecule has 82 valence electrons. The van der Waals surface area contributed by atoms with Gasteiger partial charge in [-0.25, -0.2) is 0 Å². The summed E-state index contributed by atoms with van der Waals surface area (Å²) in [6.45, 7) is 4.71. The van der Waals surface area contributed by atoms with Gasteiger partial charge in [-0.05, 0) is 25.0 Å². The Hall–Kier alpha value is -1.16. The fourth-order valence-electron chi connectivity index (χ4n) is 1.68. The van der Waals surface area contributed by atoms with Gasteiger partial charge < -0.3 is 10.1 Å². The van der Waals surface area contributed by atoms with Gasteiger partial charge in [-0.1, -0.05) is 6.92 Å². The van der Waals surface area contributed by atoms with Crippen molar-refractivity contribution in [2.45, 2.75) is 25.7 Å². The highest BCUT2D eigenvalue weighted by molar-refractivity contribution is 5.33. The molecule has 4 nitrogen and oxygen atoms in total.